The third-order valence-electron chi connectivity index (χ3n) is 4.13. The van der Waals surface area contributed by atoms with Crippen LogP contribution >= 0.6 is 0 Å². The molecule has 0 aliphatic heterocycles. The molecule has 0 spiro atoms. The van der Waals surface area contributed by atoms with Crippen molar-refractivity contribution in [1.82, 2.24) is 0 Å². The maximum Gasteiger partial charge on any atom is 0.309 e. The van der Waals surface area contributed by atoms with Crippen molar-refractivity contribution in [3.05, 3.63) is 12.2 Å². The number of carbonyl (C=O) groups excluding carboxylic acids is 1. The van der Waals surface area contributed by atoms with Gasteiger partial charge in [0.1, 0.15) is 0 Å². The van der Waals surface area contributed by atoms with E-state index in [1.165, 1.54) is 7.11 Å². The predicted octanol–water partition coefficient (Wildman–Crippen LogP) is 1.85. The number of fused-ring (bicyclic) bond motifs is 1. The van der Waals surface area contributed by atoms with E-state index in [-0.39, 0.29) is 5.97 Å². The number of allylic oxidation sites excluding steroid dienone is 2. The van der Waals surface area contributed by atoms with Gasteiger partial charge in [0.25, 0.3) is 0 Å². The van der Waals surface area contributed by atoms with Gasteiger partial charge in [-0.1, -0.05) is 12.2 Å². The lowest BCUT2D eigenvalue weighted by Gasteiger charge is -2.39. The smallest absolute Gasteiger partial charge is 0.309 e. The minimum atomic E-state index is -0.867. The molecular formula is C13H18O4. The highest BCUT2D eigenvalue weighted by Crippen LogP contribution is 2.43. The number of rotatable bonds is 2. The summed E-state index contributed by atoms with van der Waals surface area (Å²) in [6, 6.07) is 0. The molecule has 17 heavy (non-hydrogen) atoms. The summed E-state index contributed by atoms with van der Waals surface area (Å²) in [5, 5.41) is 9.22. The van der Waals surface area contributed by atoms with Crippen LogP contribution < -0.4 is 0 Å². The van der Waals surface area contributed by atoms with E-state index in [4.69, 9.17) is 4.74 Å². The van der Waals surface area contributed by atoms with Gasteiger partial charge in [0.15, 0.2) is 0 Å². The summed E-state index contributed by atoms with van der Waals surface area (Å²) >= 11 is 0. The fraction of sp³-hybridized carbons (Fsp3) is 0.692. The minimum absolute atomic E-state index is 0.370. The lowest BCUT2D eigenvalue weighted by Crippen LogP contribution is -2.40. The van der Waals surface area contributed by atoms with Crippen LogP contribution in [0.15, 0.2) is 12.2 Å². The first-order valence-electron chi connectivity index (χ1n) is 6.09. The van der Waals surface area contributed by atoms with Crippen molar-refractivity contribution < 1.29 is 19.4 Å². The van der Waals surface area contributed by atoms with Crippen LogP contribution in [0.1, 0.15) is 25.7 Å². The van der Waals surface area contributed by atoms with E-state index in [9.17, 15) is 14.7 Å². The Morgan fingerprint density at radius 3 is 2.12 bits per heavy atom. The van der Waals surface area contributed by atoms with E-state index < -0.39 is 17.8 Å². The van der Waals surface area contributed by atoms with Crippen molar-refractivity contribution in [2.24, 2.45) is 23.7 Å². The number of carbonyl (C=O) groups is 2. The van der Waals surface area contributed by atoms with Crippen molar-refractivity contribution >= 4 is 11.9 Å². The number of ether oxygens (including phenoxy) is 1. The molecule has 0 bridgehead atoms. The first-order valence-corrected chi connectivity index (χ1v) is 6.09. The minimum Gasteiger partial charge on any atom is -0.481 e. The quantitative estimate of drug-likeness (QED) is 0.589. The van der Waals surface area contributed by atoms with Gasteiger partial charge in [0.05, 0.1) is 18.9 Å². The second kappa shape index (κ2) is 4.90. The zero-order valence-electron chi connectivity index (χ0n) is 9.96. The summed E-state index contributed by atoms with van der Waals surface area (Å²) < 4.78 is 4.73. The molecule has 0 saturated heterocycles. The SMILES string of the molecule is COC(=O)C1CC2CC=CCC2CC1C(=O)O. The van der Waals surface area contributed by atoms with Crippen LogP contribution in [-0.2, 0) is 14.3 Å². The Bertz CT molecular complexity index is 347. The Morgan fingerprint density at radius 1 is 1.12 bits per heavy atom. The lowest BCUT2D eigenvalue weighted by molar-refractivity contribution is -0.160. The topological polar surface area (TPSA) is 63.6 Å². The standard InChI is InChI=1S/C13H18O4/c1-17-13(16)11-7-9-5-3-2-4-8(9)6-10(11)12(14)15/h2-3,8-11H,4-7H2,1H3,(H,14,15). The van der Waals surface area contributed by atoms with Gasteiger partial charge < -0.3 is 9.84 Å². The Morgan fingerprint density at radius 2 is 1.65 bits per heavy atom. The fourth-order valence-corrected chi connectivity index (χ4v) is 3.17. The van der Waals surface area contributed by atoms with Crippen LogP contribution in [0.3, 0.4) is 0 Å². The van der Waals surface area contributed by atoms with Gasteiger partial charge in [-0.15, -0.1) is 0 Å². The lowest BCUT2D eigenvalue weighted by atomic mass is 9.65. The van der Waals surface area contributed by atoms with Crippen LogP contribution in [-0.4, -0.2) is 24.2 Å². The molecule has 1 N–H and O–H groups in total. The van der Waals surface area contributed by atoms with Crippen molar-refractivity contribution in [3.63, 3.8) is 0 Å². The van der Waals surface area contributed by atoms with Gasteiger partial charge >= 0.3 is 11.9 Å². The Balaban J connectivity index is 2.16. The fourth-order valence-electron chi connectivity index (χ4n) is 3.17. The molecule has 4 heteroatoms. The maximum atomic E-state index is 11.7. The van der Waals surface area contributed by atoms with Gasteiger partial charge in [-0.25, -0.2) is 0 Å². The molecule has 0 aromatic carbocycles. The third-order valence-corrected chi connectivity index (χ3v) is 4.13. The van der Waals surface area contributed by atoms with E-state index in [1.807, 2.05) is 0 Å². The normalized spacial score (nSPS) is 36.1. The number of methoxy groups -OCH3 is 1. The van der Waals surface area contributed by atoms with Crippen LogP contribution in [0.4, 0.5) is 0 Å². The van der Waals surface area contributed by atoms with Crippen LogP contribution in [0.25, 0.3) is 0 Å². The molecule has 1 saturated carbocycles. The molecule has 94 valence electrons. The molecule has 2 aliphatic carbocycles. The average Bonchev–Trinajstić information content (AvgIpc) is 2.36. The molecule has 2 rings (SSSR count). The highest BCUT2D eigenvalue weighted by molar-refractivity contribution is 5.81. The molecule has 4 atom stereocenters. The summed E-state index contributed by atoms with van der Waals surface area (Å²) in [6.45, 7) is 0. The summed E-state index contributed by atoms with van der Waals surface area (Å²) in [7, 11) is 1.33. The van der Waals surface area contributed by atoms with Gasteiger partial charge in [-0.05, 0) is 37.5 Å². The maximum absolute atomic E-state index is 11.7. The van der Waals surface area contributed by atoms with Gasteiger partial charge in [-0.3, -0.25) is 9.59 Å². The van der Waals surface area contributed by atoms with E-state index in [1.54, 1.807) is 0 Å². The molecule has 0 aromatic rings. The van der Waals surface area contributed by atoms with Crippen molar-refractivity contribution in [2.45, 2.75) is 25.7 Å². The average molecular weight is 238 g/mol. The molecule has 4 unspecified atom stereocenters. The monoisotopic (exact) mass is 238 g/mol. The zero-order valence-corrected chi connectivity index (χ0v) is 9.96. The molecule has 0 radical (unpaired) electrons. The molecule has 4 nitrogen and oxygen atoms in total. The van der Waals surface area contributed by atoms with Crippen molar-refractivity contribution in [1.29, 1.82) is 0 Å². The molecule has 0 amide bonds. The summed E-state index contributed by atoms with van der Waals surface area (Å²) in [6.07, 6.45) is 7.42. The van der Waals surface area contributed by atoms with Crippen LogP contribution in [0.2, 0.25) is 0 Å². The number of hydrogen-bond donors (Lipinski definition) is 1. The van der Waals surface area contributed by atoms with Crippen LogP contribution in [0.5, 0.6) is 0 Å². The zero-order chi connectivity index (χ0) is 12.4. The van der Waals surface area contributed by atoms with Crippen molar-refractivity contribution in [2.75, 3.05) is 7.11 Å². The van der Waals surface area contributed by atoms with Gasteiger partial charge in [0, 0.05) is 0 Å². The van der Waals surface area contributed by atoms with Crippen molar-refractivity contribution in [3.8, 4) is 0 Å². The number of carboxylic acids is 1. The Kier molecular flexibility index (Phi) is 3.50. The number of hydrogen-bond acceptors (Lipinski definition) is 3. The largest absolute Gasteiger partial charge is 0.481 e. The second-order valence-corrected chi connectivity index (χ2v) is 5.01. The second-order valence-electron chi connectivity index (χ2n) is 5.01. The third kappa shape index (κ3) is 2.35. The first kappa shape index (κ1) is 12.1. The Hall–Kier alpha value is -1.32. The molecule has 0 aromatic heterocycles. The molecule has 0 heterocycles. The van der Waals surface area contributed by atoms with Gasteiger partial charge in [-0.2, -0.15) is 0 Å². The van der Waals surface area contributed by atoms with Crippen LogP contribution in [0, 0.1) is 23.7 Å². The van der Waals surface area contributed by atoms with E-state index in [0.717, 1.165) is 12.8 Å². The highest BCUT2D eigenvalue weighted by Gasteiger charge is 2.44. The van der Waals surface area contributed by atoms with Gasteiger partial charge in [0.2, 0.25) is 0 Å². The first-order chi connectivity index (χ1) is 8.13. The molecule has 2 aliphatic rings. The number of carboxylic acid groups (broad SMARTS) is 1. The summed E-state index contributed by atoms with van der Waals surface area (Å²) in [4.78, 5) is 22.9. The summed E-state index contributed by atoms with van der Waals surface area (Å²) in [5.41, 5.74) is 0. The molecular weight excluding hydrogens is 220 g/mol. The molecule has 1 fully saturated rings. The predicted molar refractivity (Wildman–Crippen MR) is 61.2 cm³/mol. The highest BCUT2D eigenvalue weighted by atomic mass is 16.5. The number of esters is 1. The summed E-state index contributed by atoms with van der Waals surface area (Å²) in [5.74, 6) is -1.42. The van der Waals surface area contributed by atoms with E-state index >= 15 is 0 Å². The Labute approximate surface area is 101 Å². The van der Waals surface area contributed by atoms with E-state index in [0.29, 0.717) is 24.7 Å². The van der Waals surface area contributed by atoms with E-state index in [2.05, 4.69) is 12.2 Å². The number of aliphatic carboxylic acids is 1.